The molecule has 1 aliphatic carbocycles. The molecule has 2 unspecified atom stereocenters. The summed E-state index contributed by atoms with van der Waals surface area (Å²) in [5, 5.41) is 6.93. The average molecular weight is 534 g/mol. The number of dihydropyridines is 1. The molecule has 0 fully saturated rings. The maximum absolute atomic E-state index is 13.8. The Morgan fingerprint density at radius 1 is 1.05 bits per heavy atom. The fourth-order valence-electron chi connectivity index (χ4n) is 5.13. The number of methoxy groups -OCH3 is 1. The van der Waals surface area contributed by atoms with Crippen LogP contribution in [0, 0.1) is 0 Å². The third-order valence-electron chi connectivity index (χ3n) is 6.86. The molecule has 5 rings (SSSR count). The molecule has 8 heteroatoms. The Hall–Kier alpha value is -3.61. The molecule has 0 bridgehead atoms. The number of hydrogen-bond donors (Lipinski definition) is 2. The van der Waals surface area contributed by atoms with Crippen molar-refractivity contribution in [3.05, 3.63) is 111 Å². The van der Waals surface area contributed by atoms with Crippen LogP contribution in [0.3, 0.4) is 0 Å². The van der Waals surface area contributed by atoms with Gasteiger partial charge in [-0.3, -0.25) is 9.59 Å². The van der Waals surface area contributed by atoms with Gasteiger partial charge in [0.1, 0.15) is 11.6 Å². The first kappa shape index (κ1) is 25.1. The van der Waals surface area contributed by atoms with Gasteiger partial charge in [0.05, 0.1) is 17.2 Å². The first-order valence-electron chi connectivity index (χ1n) is 11.9. The standard InChI is InChI=1S/C29H25Cl2N3O3/c1-16-25(29(36)34-24-8-3-4-13-32-24)26(20-6-5-7-21(30)28(20)31)27-22(33-16)14-18(15-23(27)35)17-9-11-19(37-2)12-10-17/h3-13,18,26,33H,14-15H2,1-2H3,(H,32,34,36). The SMILES string of the molecule is COc1ccc(C2CC(=O)C3=C(C2)NC(C)=C(C(=O)Nc2ccccn2)C3c2cccc(Cl)c2Cl)cc1. The molecule has 2 atom stereocenters. The van der Waals surface area contributed by atoms with Gasteiger partial charge >= 0.3 is 0 Å². The Kier molecular flexibility index (Phi) is 7.04. The normalized spacial score (nSPS) is 19.3. The number of amides is 1. The summed E-state index contributed by atoms with van der Waals surface area (Å²) in [7, 11) is 1.62. The zero-order valence-electron chi connectivity index (χ0n) is 20.3. The molecular weight excluding hydrogens is 509 g/mol. The molecule has 2 N–H and O–H groups in total. The maximum Gasteiger partial charge on any atom is 0.255 e. The summed E-state index contributed by atoms with van der Waals surface area (Å²) in [6.07, 6.45) is 2.54. The second kappa shape index (κ2) is 10.4. The number of nitrogens with one attached hydrogen (secondary N) is 2. The van der Waals surface area contributed by atoms with E-state index < -0.39 is 5.92 Å². The van der Waals surface area contributed by atoms with E-state index in [2.05, 4.69) is 15.6 Å². The summed E-state index contributed by atoms with van der Waals surface area (Å²) in [6.45, 7) is 1.84. The van der Waals surface area contributed by atoms with Crippen molar-refractivity contribution in [1.82, 2.24) is 10.3 Å². The zero-order valence-corrected chi connectivity index (χ0v) is 21.9. The van der Waals surface area contributed by atoms with Crippen molar-refractivity contribution < 1.29 is 14.3 Å². The number of benzene rings is 2. The van der Waals surface area contributed by atoms with E-state index in [4.69, 9.17) is 27.9 Å². The Bertz CT molecular complexity index is 1430. The predicted molar refractivity (Wildman–Crippen MR) is 145 cm³/mol. The fourth-order valence-corrected chi connectivity index (χ4v) is 5.54. The van der Waals surface area contributed by atoms with Crippen molar-refractivity contribution in [2.45, 2.75) is 31.6 Å². The van der Waals surface area contributed by atoms with Crippen LogP contribution in [0.4, 0.5) is 5.82 Å². The molecule has 3 aromatic rings. The molecule has 2 aliphatic rings. The highest BCUT2D eigenvalue weighted by atomic mass is 35.5. The molecule has 1 amide bonds. The average Bonchev–Trinajstić information content (AvgIpc) is 2.90. The molecular formula is C29H25Cl2N3O3. The van der Waals surface area contributed by atoms with Crippen molar-refractivity contribution in [2.75, 3.05) is 12.4 Å². The van der Waals surface area contributed by atoms with Crippen LogP contribution in [0.25, 0.3) is 0 Å². The van der Waals surface area contributed by atoms with Gasteiger partial charge in [-0.1, -0.05) is 53.5 Å². The largest absolute Gasteiger partial charge is 0.497 e. The Balaban J connectivity index is 1.58. The number of anilines is 1. The van der Waals surface area contributed by atoms with Crippen LogP contribution in [-0.4, -0.2) is 23.8 Å². The van der Waals surface area contributed by atoms with Crippen LogP contribution in [0.5, 0.6) is 5.75 Å². The van der Waals surface area contributed by atoms with E-state index in [0.29, 0.717) is 51.1 Å². The molecule has 1 aromatic heterocycles. The number of aromatic nitrogens is 1. The number of Topliss-reactive ketones (excluding diaryl/α,β-unsaturated/α-hetero) is 1. The molecule has 0 saturated heterocycles. The minimum atomic E-state index is -0.671. The van der Waals surface area contributed by atoms with E-state index in [9.17, 15) is 9.59 Å². The highest BCUT2D eigenvalue weighted by Crippen LogP contribution is 2.48. The van der Waals surface area contributed by atoms with Gasteiger partial charge in [0.15, 0.2) is 5.78 Å². The van der Waals surface area contributed by atoms with Gasteiger partial charge in [0.2, 0.25) is 0 Å². The molecule has 37 heavy (non-hydrogen) atoms. The first-order valence-corrected chi connectivity index (χ1v) is 12.7. The minimum absolute atomic E-state index is 0.00293. The van der Waals surface area contributed by atoms with Gasteiger partial charge in [-0.25, -0.2) is 4.98 Å². The lowest BCUT2D eigenvalue weighted by molar-refractivity contribution is -0.116. The van der Waals surface area contributed by atoms with Crippen LogP contribution in [0.1, 0.15) is 42.7 Å². The second-order valence-corrected chi connectivity index (χ2v) is 9.89. The number of nitrogens with zero attached hydrogens (tertiary/aromatic N) is 1. The highest BCUT2D eigenvalue weighted by Gasteiger charge is 2.41. The van der Waals surface area contributed by atoms with Crippen LogP contribution in [0.2, 0.25) is 10.0 Å². The summed E-state index contributed by atoms with van der Waals surface area (Å²) >= 11 is 13.1. The smallest absolute Gasteiger partial charge is 0.255 e. The molecule has 0 spiro atoms. The summed E-state index contributed by atoms with van der Waals surface area (Å²) < 4.78 is 5.28. The number of ketones is 1. The van der Waals surface area contributed by atoms with Gasteiger partial charge in [-0.15, -0.1) is 0 Å². The number of hydrogen-bond acceptors (Lipinski definition) is 5. The van der Waals surface area contributed by atoms with Crippen molar-refractivity contribution in [1.29, 1.82) is 0 Å². The molecule has 2 heterocycles. The first-order chi connectivity index (χ1) is 17.9. The van der Waals surface area contributed by atoms with Crippen LogP contribution in [-0.2, 0) is 9.59 Å². The monoisotopic (exact) mass is 533 g/mol. The second-order valence-electron chi connectivity index (χ2n) is 9.10. The van der Waals surface area contributed by atoms with Gasteiger partial charge in [0, 0.05) is 41.1 Å². The van der Waals surface area contributed by atoms with Crippen molar-refractivity contribution >= 4 is 40.7 Å². The molecule has 1 aliphatic heterocycles. The Morgan fingerprint density at radius 3 is 2.54 bits per heavy atom. The number of ether oxygens (including phenoxy) is 1. The molecule has 2 aromatic carbocycles. The van der Waals surface area contributed by atoms with E-state index >= 15 is 0 Å². The summed E-state index contributed by atoms with van der Waals surface area (Å²) in [6, 6.07) is 18.3. The minimum Gasteiger partial charge on any atom is -0.497 e. The van der Waals surface area contributed by atoms with E-state index in [1.807, 2.05) is 37.3 Å². The van der Waals surface area contributed by atoms with E-state index in [1.165, 1.54) is 0 Å². The van der Waals surface area contributed by atoms with Crippen molar-refractivity contribution in [2.24, 2.45) is 0 Å². The molecule has 188 valence electrons. The van der Waals surface area contributed by atoms with Crippen LogP contribution < -0.4 is 15.4 Å². The van der Waals surface area contributed by atoms with Crippen molar-refractivity contribution in [3.63, 3.8) is 0 Å². The number of carbonyl (C=O) groups is 2. The topological polar surface area (TPSA) is 80.3 Å². The Morgan fingerprint density at radius 2 is 1.84 bits per heavy atom. The van der Waals surface area contributed by atoms with E-state index in [-0.39, 0.29) is 17.6 Å². The van der Waals surface area contributed by atoms with Crippen molar-refractivity contribution in [3.8, 4) is 5.75 Å². The zero-order chi connectivity index (χ0) is 26.1. The molecule has 6 nitrogen and oxygen atoms in total. The number of carbonyl (C=O) groups excluding carboxylic acids is 2. The molecule has 0 saturated carbocycles. The summed E-state index contributed by atoms with van der Waals surface area (Å²) in [4.78, 5) is 31.6. The van der Waals surface area contributed by atoms with E-state index in [1.54, 1.807) is 43.6 Å². The van der Waals surface area contributed by atoms with E-state index in [0.717, 1.165) is 17.0 Å². The summed E-state index contributed by atoms with van der Waals surface area (Å²) in [5.41, 5.74) is 4.07. The van der Waals surface area contributed by atoms with Gasteiger partial charge in [-0.05, 0) is 60.7 Å². The number of rotatable bonds is 5. The number of pyridine rings is 1. The van der Waals surface area contributed by atoms with Gasteiger partial charge < -0.3 is 15.4 Å². The quantitative estimate of drug-likeness (QED) is 0.396. The third kappa shape index (κ3) is 4.87. The summed E-state index contributed by atoms with van der Waals surface area (Å²) in [5.74, 6) is 0.109. The van der Waals surface area contributed by atoms with Gasteiger partial charge in [0.25, 0.3) is 5.91 Å². The lowest BCUT2D eigenvalue weighted by Gasteiger charge is -2.37. The lowest BCUT2D eigenvalue weighted by Crippen LogP contribution is -2.37. The van der Waals surface area contributed by atoms with Gasteiger partial charge in [-0.2, -0.15) is 0 Å². The number of halogens is 2. The Labute approximate surface area is 225 Å². The third-order valence-corrected chi connectivity index (χ3v) is 7.69. The number of allylic oxidation sites excluding steroid dienone is 3. The van der Waals surface area contributed by atoms with Crippen LogP contribution >= 0.6 is 23.2 Å². The fraction of sp³-hybridized carbons (Fsp3) is 0.207. The predicted octanol–water partition coefficient (Wildman–Crippen LogP) is 6.40. The maximum atomic E-state index is 13.8. The molecule has 0 radical (unpaired) electrons. The highest BCUT2D eigenvalue weighted by molar-refractivity contribution is 6.42. The van der Waals surface area contributed by atoms with Crippen LogP contribution in [0.15, 0.2) is 89.4 Å². The lowest BCUT2D eigenvalue weighted by atomic mass is 9.71.